The molecular formula is C12H23NO3. The molecule has 0 aromatic carbocycles. The van der Waals surface area contributed by atoms with Crippen molar-refractivity contribution in [3.8, 4) is 0 Å². The Hall–Kier alpha value is -0.610. The molecule has 0 aromatic heterocycles. The maximum atomic E-state index is 11.7. The Labute approximate surface area is 97.9 Å². The van der Waals surface area contributed by atoms with Crippen LogP contribution in [0.4, 0.5) is 0 Å². The fourth-order valence-corrected chi connectivity index (χ4v) is 1.75. The summed E-state index contributed by atoms with van der Waals surface area (Å²) in [5, 5.41) is 1.77. The molecule has 0 bridgehead atoms. The number of nitrogens with zero attached hydrogens (tertiary/aromatic N) is 1. The maximum Gasteiger partial charge on any atom is 0.325 e. The van der Waals surface area contributed by atoms with E-state index in [2.05, 4.69) is 34.6 Å². The average Bonchev–Trinajstić information content (AvgIpc) is 2.91. The molecule has 1 rings (SSSR count). The van der Waals surface area contributed by atoms with Crippen LogP contribution in [0.15, 0.2) is 0 Å². The van der Waals surface area contributed by atoms with Crippen LogP contribution in [0.1, 0.15) is 41.0 Å². The summed E-state index contributed by atoms with van der Waals surface area (Å²) in [6.45, 7) is 10.5. The zero-order valence-corrected chi connectivity index (χ0v) is 11.1. The largest absolute Gasteiger partial charge is 0.468 e. The number of ether oxygens (including phenoxy) is 1. The molecule has 0 aromatic rings. The molecule has 1 aliphatic rings. The Balaban J connectivity index is 2.63. The summed E-state index contributed by atoms with van der Waals surface area (Å²) in [5.74, 6) is 0.231. The zero-order chi connectivity index (χ0) is 12.5. The number of carbonyl (C=O) groups excluding carboxylic acids is 1. The molecule has 1 aliphatic heterocycles. The van der Waals surface area contributed by atoms with Gasteiger partial charge in [0.15, 0.2) is 6.23 Å². The SMILES string of the molecule is COC(=O)[C@H](CC(C)C)N1OC1C(C)(C)C. The number of hydrogen-bond donors (Lipinski definition) is 0. The lowest BCUT2D eigenvalue weighted by molar-refractivity contribution is -0.148. The third-order valence-corrected chi connectivity index (χ3v) is 2.62. The summed E-state index contributed by atoms with van der Waals surface area (Å²) in [4.78, 5) is 17.2. The first-order chi connectivity index (χ1) is 7.27. The fourth-order valence-electron chi connectivity index (χ4n) is 1.75. The average molecular weight is 229 g/mol. The molecule has 16 heavy (non-hydrogen) atoms. The quantitative estimate of drug-likeness (QED) is 0.547. The molecule has 0 spiro atoms. The van der Waals surface area contributed by atoms with Gasteiger partial charge in [-0.3, -0.25) is 9.63 Å². The van der Waals surface area contributed by atoms with Crippen molar-refractivity contribution < 1.29 is 14.4 Å². The minimum atomic E-state index is -0.269. The van der Waals surface area contributed by atoms with Gasteiger partial charge < -0.3 is 4.74 Å². The summed E-state index contributed by atoms with van der Waals surface area (Å²) in [6.07, 6.45) is 0.787. The molecule has 4 heteroatoms. The van der Waals surface area contributed by atoms with Gasteiger partial charge in [0.2, 0.25) is 0 Å². The maximum absolute atomic E-state index is 11.7. The molecule has 2 unspecified atom stereocenters. The first kappa shape index (κ1) is 13.5. The van der Waals surface area contributed by atoms with Crippen LogP contribution < -0.4 is 0 Å². The summed E-state index contributed by atoms with van der Waals surface area (Å²) in [7, 11) is 1.42. The molecular weight excluding hydrogens is 206 g/mol. The van der Waals surface area contributed by atoms with Gasteiger partial charge in [0.1, 0.15) is 6.04 Å². The van der Waals surface area contributed by atoms with E-state index in [0.717, 1.165) is 6.42 Å². The number of hydrogen-bond acceptors (Lipinski definition) is 4. The highest BCUT2D eigenvalue weighted by atomic mass is 16.8. The highest BCUT2D eigenvalue weighted by Gasteiger charge is 2.52. The first-order valence-electron chi connectivity index (χ1n) is 5.80. The van der Waals surface area contributed by atoms with Gasteiger partial charge >= 0.3 is 5.97 Å². The van der Waals surface area contributed by atoms with Gasteiger partial charge in [-0.1, -0.05) is 34.6 Å². The number of hydroxylamine groups is 2. The second-order valence-corrected chi connectivity index (χ2v) is 5.85. The normalized spacial score (nSPS) is 26.7. The second-order valence-electron chi connectivity index (χ2n) is 5.85. The van der Waals surface area contributed by atoms with Crippen molar-refractivity contribution in [3.63, 3.8) is 0 Å². The van der Waals surface area contributed by atoms with Crippen LogP contribution >= 0.6 is 0 Å². The van der Waals surface area contributed by atoms with Crippen LogP contribution in [0.2, 0.25) is 0 Å². The van der Waals surface area contributed by atoms with Gasteiger partial charge in [-0.2, -0.15) is 0 Å². The molecule has 1 fully saturated rings. The van der Waals surface area contributed by atoms with E-state index < -0.39 is 0 Å². The highest BCUT2D eigenvalue weighted by Crippen LogP contribution is 2.39. The van der Waals surface area contributed by atoms with Crippen LogP contribution in [0, 0.1) is 11.3 Å². The fraction of sp³-hybridized carbons (Fsp3) is 0.917. The van der Waals surface area contributed by atoms with E-state index in [4.69, 9.17) is 9.57 Å². The Morgan fingerprint density at radius 1 is 1.44 bits per heavy atom. The standard InChI is InChI=1S/C12H23NO3/c1-8(2)7-9(10(14)15-6)13-11(16-13)12(3,4)5/h8-9,11H,7H2,1-6H3/t9-,11?,13?/m0/s1. The molecule has 0 radical (unpaired) electrons. The minimum absolute atomic E-state index is 0.0235. The van der Waals surface area contributed by atoms with Crippen molar-refractivity contribution in [1.29, 1.82) is 0 Å². The van der Waals surface area contributed by atoms with Gasteiger partial charge in [0.05, 0.1) is 7.11 Å². The topological polar surface area (TPSA) is 41.8 Å². The number of carbonyl (C=O) groups is 1. The van der Waals surface area contributed by atoms with E-state index >= 15 is 0 Å². The molecule has 0 saturated carbocycles. The van der Waals surface area contributed by atoms with Crippen LogP contribution in [-0.2, 0) is 14.4 Å². The summed E-state index contributed by atoms with van der Waals surface area (Å²) in [5.41, 5.74) is 0.0310. The summed E-state index contributed by atoms with van der Waals surface area (Å²) < 4.78 is 4.81. The van der Waals surface area contributed by atoms with E-state index in [1.165, 1.54) is 7.11 Å². The Morgan fingerprint density at radius 2 is 2.00 bits per heavy atom. The lowest BCUT2D eigenvalue weighted by Crippen LogP contribution is -2.35. The van der Waals surface area contributed by atoms with E-state index in [-0.39, 0.29) is 23.7 Å². The van der Waals surface area contributed by atoms with Crippen LogP contribution in [0.3, 0.4) is 0 Å². The van der Waals surface area contributed by atoms with E-state index in [1.807, 2.05) is 0 Å². The number of esters is 1. The highest BCUT2D eigenvalue weighted by molar-refractivity contribution is 5.75. The number of methoxy groups -OCH3 is 1. The molecule has 1 heterocycles. The van der Waals surface area contributed by atoms with Crippen molar-refractivity contribution in [1.82, 2.24) is 5.06 Å². The molecule has 4 nitrogen and oxygen atoms in total. The summed E-state index contributed by atoms with van der Waals surface area (Å²) in [6, 6.07) is -0.269. The van der Waals surface area contributed by atoms with Crippen molar-refractivity contribution in [2.24, 2.45) is 11.3 Å². The molecule has 0 N–H and O–H groups in total. The first-order valence-corrected chi connectivity index (χ1v) is 5.80. The van der Waals surface area contributed by atoms with Gasteiger partial charge in [-0.05, 0) is 12.3 Å². The van der Waals surface area contributed by atoms with E-state index in [0.29, 0.717) is 5.92 Å². The second kappa shape index (κ2) is 4.72. The molecule has 94 valence electrons. The van der Waals surface area contributed by atoms with Crippen molar-refractivity contribution in [2.75, 3.05) is 7.11 Å². The van der Waals surface area contributed by atoms with Crippen molar-refractivity contribution in [3.05, 3.63) is 0 Å². The predicted molar refractivity (Wildman–Crippen MR) is 61.4 cm³/mol. The van der Waals surface area contributed by atoms with Crippen molar-refractivity contribution >= 4 is 5.97 Å². The molecule has 0 amide bonds. The van der Waals surface area contributed by atoms with Crippen molar-refractivity contribution in [2.45, 2.75) is 53.3 Å². The van der Waals surface area contributed by atoms with E-state index in [9.17, 15) is 4.79 Å². The van der Waals surface area contributed by atoms with Gasteiger partial charge in [0, 0.05) is 5.41 Å². The third-order valence-electron chi connectivity index (χ3n) is 2.62. The Morgan fingerprint density at radius 3 is 2.31 bits per heavy atom. The van der Waals surface area contributed by atoms with Crippen LogP contribution in [-0.4, -0.2) is 30.4 Å². The van der Waals surface area contributed by atoms with Crippen LogP contribution in [0.5, 0.6) is 0 Å². The third kappa shape index (κ3) is 3.19. The zero-order valence-electron chi connectivity index (χ0n) is 11.1. The monoisotopic (exact) mass is 229 g/mol. The smallest absolute Gasteiger partial charge is 0.325 e. The minimum Gasteiger partial charge on any atom is -0.468 e. The number of rotatable bonds is 4. The molecule has 0 aliphatic carbocycles. The lowest BCUT2D eigenvalue weighted by Gasteiger charge is -2.19. The Kier molecular flexibility index (Phi) is 3.97. The summed E-state index contributed by atoms with van der Waals surface area (Å²) >= 11 is 0. The Bertz CT molecular complexity index is 257. The predicted octanol–water partition coefficient (Wildman–Crippen LogP) is 2.19. The molecule has 3 atom stereocenters. The van der Waals surface area contributed by atoms with Gasteiger partial charge in [-0.15, -0.1) is 5.06 Å². The molecule has 1 saturated heterocycles. The van der Waals surface area contributed by atoms with E-state index in [1.54, 1.807) is 5.06 Å². The van der Waals surface area contributed by atoms with Gasteiger partial charge in [-0.25, -0.2) is 0 Å². The van der Waals surface area contributed by atoms with Crippen LogP contribution in [0.25, 0.3) is 0 Å². The lowest BCUT2D eigenvalue weighted by atomic mass is 9.94. The van der Waals surface area contributed by atoms with Gasteiger partial charge in [0.25, 0.3) is 0 Å².